The van der Waals surface area contributed by atoms with Crippen LogP contribution in [0.25, 0.3) is 11.4 Å². The monoisotopic (exact) mass is 387 g/mol. The summed E-state index contributed by atoms with van der Waals surface area (Å²) in [5.74, 6) is 2.18. The van der Waals surface area contributed by atoms with Crippen molar-refractivity contribution in [3.8, 4) is 22.9 Å². The Morgan fingerprint density at radius 1 is 1.26 bits per heavy atom. The number of nitrogens with one attached hydrogen (secondary N) is 1. The van der Waals surface area contributed by atoms with Crippen LogP contribution in [0, 0.1) is 0 Å². The number of aryl methyl sites for hydroxylation is 1. The summed E-state index contributed by atoms with van der Waals surface area (Å²) >= 11 is 1.57. The summed E-state index contributed by atoms with van der Waals surface area (Å²) in [6.07, 6.45) is 0.657. The number of hydrogen-bond acceptors (Lipinski definition) is 7. The fourth-order valence-electron chi connectivity index (χ4n) is 2.60. The first kappa shape index (κ1) is 18.9. The molecule has 1 aromatic carbocycles. The molecule has 0 saturated heterocycles. The van der Waals surface area contributed by atoms with Gasteiger partial charge >= 0.3 is 0 Å². The molecule has 1 N–H and O–H groups in total. The van der Waals surface area contributed by atoms with Gasteiger partial charge in [0, 0.05) is 23.8 Å². The zero-order chi connectivity index (χ0) is 19.2. The van der Waals surface area contributed by atoms with Gasteiger partial charge in [0.25, 0.3) is 0 Å². The van der Waals surface area contributed by atoms with E-state index in [-0.39, 0.29) is 18.4 Å². The number of hydrogen-bond donors (Lipinski definition) is 1. The molecule has 1 atom stereocenters. The van der Waals surface area contributed by atoms with Gasteiger partial charge in [-0.1, -0.05) is 11.2 Å². The van der Waals surface area contributed by atoms with Crippen LogP contribution in [-0.2, 0) is 11.2 Å². The Balaban J connectivity index is 1.54. The van der Waals surface area contributed by atoms with E-state index in [0.29, 0.717) is 29.6 Å². The number of nitrogens with zero attached hydrogens (tertiary/aromatic N) is 2. The van der Waals surface area contributed by atoms with Gasteiger partial charge < -0.3 is 19.3 Å². The number of carbonyl (C=O) groups is 1. The number of benzene rings is 1. The van der Waals surface area contributed by atoms with Crippen LogP contribution >= 0.6 is 11.3 Å². The number of thiophene rings is 1. The fourth-order valence-corrected chi connectivity index (χ4v) is 3.24. The third-order valence-electron chi connectivity index (χ3n) is 4.10. The van der Waals surface area contributed by atoms with Crippen molar-refractivity contribution in [1.29, 1.82) is 0 Å². The molecule has 0 aliphatic rings. The molecule has 0 aliphatic carbocycles. The second-order valence-corrected chi connectivity index (χ2v) is 6.71. The molecule has 2 aromatic heterocycles. The summed E-state index contributed by atoms with van der Waals surface area (Å²) < 4.78 is 15.8. The molecular formula is C19H21N3O4S. The van der Waals surface area contributed by atoms with E-state index in [0.717, 1.165) is 11.1 Å². The highest BCUT2D eigenvalue weighted by molar-refractivity contribution is 7.08. The van der Waals surface area contributed by atoms with E-state index in [2.05, 4.69) is 15.5 Å². The van der Waals surface area contributed by atoms with Crippen molar-refractivity contribution in [2.24, 2.45) is 0 Å². The van der Waals surface area contributed by atoms with Crippen molar-refractivity contribution in [2.75, 3.05) is 14.2 Å². The van der Waals surface area contributed by atoms with Crippen molar-refractivity contribution in [3.05, 3.63) is 46.5 Å². The SMILES string of the molecule is COc1ccc(C(C)NC(=O)CCc2nc(-c3ccsc3)no2)cc1OC. The Bertz CT molecular complexity index is 892. The van der Waals surface area contributed by atoms with Crippen molar-refractivity contribution < 1.29 is 18.8 Å². The summed E-state index contributed by atoms with van der Waals surface area (Å²) in [4.78, 5) is 16.6. The first-order valence-electron chi connectivity index (χ1n) is 8.47. The zero-order valence-corrected chi connectivity index (χ0v) is 16.2. The molecule has 3 rings (SSSR count). The highest BCUT2D eigenvalue weighted by atomic mass is 32.1. The van der Waals surface area contributed by atoms with E-state index < -0.39 is 0 Å². The molecule has 2 heterocycles. The molecule has 1 amide bonds. The summed E-state index contributed by atoms with van der Waals surface area (Å²) in [7, 11) is 3.17. The zero-order valence-electron chi connectivity index (χ0n) is 15.4. The highest BCUT2D eigenvalue weighted by Gasteiger charge is 2.15. The largest absolute Gasteiger partial charge is 0.493 e. The molecule has 0 fully saturated rings. The molecule has 1 unspecified atom stereocenters. The Labute approximate surface area is 161 Å². The van der Waals surface area contributed by atoms with Crippen molar-refractivity contribution in [3.63, 3.8) is 0 Å². The lowest BCUT2D eigenvalue weighted by Crippen LogP contribution is -2.26. The third kappa shape index (κ3) is 4.65. The molecular weight excluding hydrogens is 366 g/mol. The maximum absolute atomic E-state index is 12.3. The second kappa shape index (κ2) is 8.68. The standard InChI is InChI=1S/C19H21N3O4S/c1-12(13-4-5-15(24-2)16(10-13)25-3)20-17(23)6-7-18-21-19(22-26-18)14-8-9-27-11-14/h4-5,8-12H,6-7H2,1-3H3,(H,20,23). The average molecular weight is 387 g/mol. The molecule has 142 valence electrons. The normalized spacial score (nSPS) is 11.8. The predicted molar refractivity (Wildman–Crippen MR) is 102 cm³/mol. The minimum absolute atomic E-state index is 0.0902. The van der Waals surface area contributed by atoms with Crippen molar-refractivity contribution >= 4 is 17.2 Å². The Morgan fingerprint density at radius 2 is 2.07 bits per heavy atom. The molecule has 0 radical (unpaired) electrons. The van der Waals surface area contributed by atoms with E-state index in [1.54, 1.807) is 25.6 Å². The fraction of sp³-hybridized carbons (Fsp3) is 0.316. The molecule has 0 bridgehead atoms. The van der Waals surface area contributed by atoms with Gasteiger partial charge in [-0.3, -0.25) is 4.79 Å². The smallest absolute Gasteiger partial charge is 0.227 e. The Hall–Kier alpha value is -2.87. The van der Waals surface area contributed by atoms with Crippen LogP contribution < -0.4 is 14.8 Å². The molecule has 0 saturated carbocycles. The number of amides is 1. The number of methoxy groups -OCH3 is 2. The van der Waals surface area contributed by atoms with E-state index in [1.165, 1.54) is 0 Å². The number of aromatic nitrogens is 2. The van der Waals surface area contributed by atoms with Crippen molar-refractivity contribution in [2.45, 2.75) is 25.8 Å². The van der Waals surface area contributed by atoms with Gasteiger partial charge in [-0.2, -0.15) is 16.3 Å². The van der Waals surface area contributed by atoms with Gasteiger partial charge in [-0.25, -0.2) is 0 Å². The summed E-state index contributed by atoms with van der Waals surface area (Å²) in [5, 5.41) is 10.8. The van der Waals surface area contributed by atoms with Crippen LogP contribution in [0.5, 0.6) is 11.5 Å². The number of rotatable bonds is 8. The maximum atomic E-state index is 12.3. The molecule has 3 aromatic rings. The minimum atomic E-state index is -0.165. The molecule has 0 aliphatic heterocycles. The number of ether oxygens (including phenoxy) is 2. The van der Waals surface area contributed by atoms with Gasteiger partial charge in [0.1, 0.15) is 0 Å². The maximum Gasteiger partial charge on any atom is 0.227 e. The first-order chi connectivity index (χ1) is 13.1. The van der Waals surface area contributed by atoms with Crippen LogP contribution in [0.1, 0.15) is 30.8 Å². The Morgan fingerprint density at radius 3 is 2.78 bits per heavy atom. The third-order valence-corrected chi connectivity index (χ3v) is 4.78. The summed E-state index contributed by atoms with van der Waals surface area (Å²) in [5.41, 5.74) is 1.85. The quantitative estimate of drug-likeness (QED) is 0.635. The van der Waals surface area contributed by atoms with E-state index >= 15 is 0 Å². The van der Waals surface area contributed by atoms with E-state index in [4.69, 9.17) is 14.0 Å². The molecule has 0 spiro atoms. The van der Waals surface area contributed by atoms with Crippen LogP contribution in [0.2, 0.25) is 0 Å². The molecule has 7 nitrogen and oxygen atoms in total. The van der Waals surface area contributed by atoms with Gasteiger partial charge in [0.15, 0.2) is 11.5 Å². The lowest BCUT2D eigenvalue weighted by Gasteiger charge is -2.16. The predicted octanol–water partition coefficient (Wildman–Crippen LogP) is 3.63. The van der Waals surface area contributed by atoms with Gasteiger partial charge in [0.2, 0.25) is 17.6 Å². The lowest BCUT2D eigenvalue weighted by molar-refractivity contribution is -0.121. The van der Waals surface area contributed by atoms with Gasteiger partial charge in [0.05, 0.1) is 20.3 Å². The molecule has 27 heavy (non-hydrogen) atoms. The Kier molecular flexibility index (Phi) is 6.08. The highest BCUT2D eigenvalue weighted by Crippen LogP contribution is 2.29. The number of carbonyl (C=O) groups excluding carboxylic acids is 1. The van der Waals surface area contributed by atoms with Gasteiger partial charge in [-0.05, 0) is 36.1 Å². The molecule has 8 heteroatoms. The first-order valence-corrected chi connectivity index (χ1v) is 9.41. The van der Waals surface area contributed by atoms with Gasteiger partial charge in [-0.15, -0.1) is 0 Å². The van der Waals surface area contributed by atoms with Crippen LogP contribution in [0.3, 0.4) is 0 Å². The van der Waals surface area contributed by atoms with Crippen LogP contribution in [-0.4, -0.2) is 30.3 Å². The lowest BCUT2D eigenvalue weighted by atomic mass is 10.1. The second-order valence-electron chi connectivity index (χ2n) is 5.93. The van der Waals surface area contributed by atoms with E-state index in [1.807, 2.05) is 41.9 Å². The van der Waals surface area contributed by atoms with Crippen LogP contribution in [0.4, 0.5) is 0 Å². The van der Waals surface area contributed by atoms with E-state index in [9.17, 15) is 4.79 Å². The van der Waals surface area contributed by atoms with Crippen LogP contribution in [0.15, 0.2) is 39.5 Å². The van der Waals surface area contributed by atoms with Crippen molar-refractivity contribution in [1.82, 2.24) is 15.5 Å². The summed E-state index contributed by atoms with van der Waals surface area (Å²) in [6.45, 7) is 1.92. The topological polar surface area (TPSA) is 86.5 Å². The average Bonchev–Trinajstić information content (AvgIpc) is 3.37. The summed E-state index contributed by atoms with van der Waals surface area (Å²) in [6, 6.07) is 7.34. The minimum Gasteiger partial charge on any atom is -0.493 e.